The molecule has 12 nitrogen and oxygen atoms in total. The second-order valence-electron chi connectivity index (χ2n) is 17.5. The van der Waals surface area contributed by atoms with Gasteiger partial charge in [0.05, 0.1) is 61.3 Å². The van der Waals surface area contributed by atoms with Crippen LogP contribution in [0.25, 0.3) is 44.8 Å². The molecule has 12 heteroatoms. The van der Waals surface area contributed by atoms with Crippen LogP contribution in [-0.2, 0) is 9.47 Å². The summed E-state index contributed by atoms with van der Waals surface area (Å²) in [5.41, 5.74) is 9.41. The van der Waals surface area contributed by atoms with E-state index in [0.717, 1.165) is 138 Å². The first-order chi connectivity index (χ1) is 29.3. The fourth-order valence-electron chi connectivity index (χ4n) is 9.54. The molecule has 2 N–H and O–H groups in total. The van der Waals surface area contributed by atoms with Crippen LogP contribution < -0.4 is 9.80 Å². The first-order valence-electron chi connectivity index (χ1n) is 21.9. The van der Waals surface area contributed by atoms with Gasteiger partial charge >= 0.3 is 0 Å². The van der Waals surface area contributed by atoms with Crippen molar-refractivity contribution in [2.45, 2.75) is 78.1 Å². The van der Waals surface area contributed by atoms with Crippen LogP contribution in [0.5, 0.6) is 0 Å². The molecule has 2 aliphatic heterocycles. The zero-order valence-electron chi connectivity index (χ0n) is 35.0. The molecule has 6 heterocycles. The Labute approximate surface area is 351 Å². The summed E-state index contributed by atoms with van der Waals surface area (Å²) in [7, 11) is 0. The number of H-pyrrole nitrogens is 2. The smallest absolute Gasteiger partial charge is 0.172 e. The number of nitrogens with one attached hydrogen (secondary N) is 2. The second kappa shape index (κ2) is 17.3. The van der Waals surface area contributed by atoms with Crippen molar-refractivity contribution in [3.05, 3.63) is 84.4 Å². The van der Waals surface area contributed by atoms with E-state index in [-0.39, 0.29) is 22.4 Å². The molecule has 4 fully saturated rings. The van der Waals surface area contributed by atoms with Crippen LogP contribution in [0.15, 0.2) is 73.3 Å². The largest absolute Gasteiger partial charge is 0.378 e. The lowest BCUT2D eigenvalue weighted by Gasteiger charge is -2.31. The lowest BCUT2D eigenvalue weighted by Crippen LogP contribution is -2.36. The highest BCUT2D eigenvalue weighted by atomic mass is 16.5. The summed E-state index contributed by atoms with van der Waals surface area (Å²) in [6.45, 7) is 10.8. The summed E-state index contributed by atoms with van der Waals surface area (Å²) < 4.78 is 10.9. The Morgan fingerprint density at radius 2 is 0.983 bits per heavy atom. The Kier molecular flexibility index (Phi) is 11.5. The van der Waals surface area contributed by atoms with Gasteiger partial charge in [0, 0.05) is 71.9 Å². The molecule has 2 saturated carbocycles. The van der Waals surface area contributed by atoms with Gasteiger partial charge in [-0.15, -0.1) is 0 Å². The molecule has 0 bridgehead atoms. The van der Waals surface area contributed by atoms with Gasteiger partial charge in [-0.05, 0) is 49.9 Å². The van der Waals surface area contributed by atoms with E-state index in [1.807, 2.05) is 0 Å². The van der Waals surface area contributed by atoms with Crippen LogP contribution in [-0.4, -0.2) is 94.1 Å². The lowest BCUT2D eigenvalue weighted by atomic mass is 9.71. The summed E-state index contributed by atoms with van der Waals surface area (Å²) >= 11 is 0. The molecule has 312 valence electrons. The topological polar surface area (TPSA) is 142 Å². The number of ketones is 2. The summed E-state index contributed by atoms with van der Waals surface area (Å²) in [6.07, 6.45) is 17.9. The number of morpholine rings is 2. The van der Waals surface area contributed by atoms with E-state index in [0.29, 0.717) is 33.5 Å². The van der Waals surface area contributed by atoms with Crippen LogP contribution in [0.2, 0.25) is 0 Å². The second-order valence-corrected chi connectivity index (χ2v) is 17.5. The molecule has 0 radical (unpaired) electrons. The highest BCUT2D eigenvalue weighted by molar-refractivity contribution is 6.09. The van der Waals surface area contributed by atoms with Crippen LogP contribution in [0.3, 0.4) is 0 Å². The number of benzene rings is 2. The first-order valence-corrected chi connectivity index (χ1v) is 21.9. The minimum Gasteiger partial charge on any atom is -0.378 e. The van der Waals surface area contributed by atoms with Crippen molar-refractivity contribution in [1.29, 1.82) is 0 Å². The number of aromatic nitrogens is 6. The lowest BCUT2D eigenvalue weighted by molar-refractivity contribution is 0.0745. The van der Waals surface area contributed by atoms with Crippen LogP contribution in [0.4, 0.5) is 11.4 Å². The van der Waals surface area contributed by atoms with Crippen molar-refractivity contribution < 1.29 is 19.1 Å². The number of ether oxygens (including phenoxy) is 2. The van der Waals surface area contributed by atoms with E-state index in [1.54, 1.807) is 24.8 Å². The van der Waals surface area contributed by atoms with Crippen molar-refractivity contribution in [3.8, 4) is 22.5 Å². The molecule has 0 amide bonds. The minimum atomic E-state index is -0.290. The fraction of sp³-hybridized carbons (Fsp3) is 0.458. The molecular formula is C48H56N8O4. The Morgan fingerprint density at radius 1 is 0.583 bits per heavy atom. The van der Waals surface area contributed by atoms with Crippen molar-refractivity contribution >= 4 is 45.3 Å². The standard InChI is InChI=1S/2C24H28N4O2/c2*1-24(8-3-2-4-9-24)22(29)19-15-25-23-21(19)27-20(16-26-23)17-6-5-7-18(14-17)28-10-12-30-13-11-28/h2*5-7,14-16H,2-4,8-13H2,1H3,(H,25,26). The molecular weight excluding hydrogens is 753 g/mol. The third-order valence-corrected chi connectivity index (χ3v) is 13.3. The number of carbonyl (C=O) groups is 2. The van der Waals surface area contributed by atoms with Crippen LogP contribution in [0, 0.1) is 10.8 Å². The first kappa shape index (κ1) is 40.0. The maximum atomic E-state index is 13.4. The minimum absolute atomic E-state index is 0.196. The molecule has 0 unspecified atom stereocenters. The van der Waals surface area contributed by atoms with Gasteiger partial charge in [-0.1, -0.05) is 76.6 Å². The highest BCUT2D eigenvalue weighted by Crippen LogP contribution is 2.41. The number of rotatable bonds is 8. The van der Waals surface area contributed by atoms with Gasteiger partial charge in [0.15, 0.2) is 22.9 Å². The van der Waals surface area contributed by atoms with Gasteiger partial charge in [0.2, 0.25) is 0 Å². The molecule has 4 aromatic heterocycles. The Balaban J connectivity index is 0.000000154. The molecule has 0 spiro atoms. The number of nitrogens with zero attached hydrogens (tertiary/aromatic N) is 6. The number of Topliss-reactive ketones (excluding diaryl/α,β-unsaturated/α-hetero) is 2. The van der Waals surface area contributed by atoms with Gasteiger partial charge in [0.25, 0.3) is 0 Å². The van der Waals surface area contributed by atoms with E-state index in [4.69, 9.17) is 19.4 Å². The number of fused-ring (bicyclic) bond motifs is 2. The molecule has 0 atom stereocenters. The van der Waals surface area contributed by atoms with E-state index in [1.165, 1.54) is 12.8 Å². The van der Waals surface area contributed by atoms with E-state index >= 15 is 0 Å². The maximum absolute atomic E-state index is 13.4. The van der Waals surface area contributed by atoms with Crippen LogP contribution >= 0.6 is 0 Å². The summed E-state index contributed by atoms with van der Waals surface area (Å²) in [4.78, 5) is 56.6. The molecule has 60 heavy (non-hydrogen) atoms. The predicted octanol–water partition coefficient (Wildman–Crippen LogP) is 9.23. The Morgan fingerprint density at radius 3 is 1.38 bits per heavy atom. The maximum Gasteiger partial charge on any atom is 0.172 e. The molecule has 2 aromatic carbocycles. The number of anilines is 2. The molecule has 4 aliphatic rings. The van der Waals surface area contributed by atoms with Gasteiger partial charge in [-0.2, -0.15) is 0 Å². The average Bonchev–Trinajstić information content (AvgIpc) is 3.94. The van der Waals surface area contributed by atoms with Crippen LogP contribution in [0.1, 0.15) is 98.8 Å². The number of hydrogen-bond donors (Lipinski definition) is 2. The van der Waals surface area contributed by atoms with Crippen molar-refractivity contribution in [1.82, 2.24) is 29.9 Å². The van der Waals surface area contributed by atoms with Crippen molar-refractivity contribution in [2.24, 2.45) is 10.8 Å². The van der Waals surface area contributed by atoms with E-state index < -0.39 is 0 Å². The summed E-state index contributed by atoms with van der Waals surface area (Å²) in [6, 6.07) is 16.8. The van der Waals surface area contributed by atoms with Crippen molar-refractivity contribution in [3.63, 3.8) is 0 Å². The summed E-state index contributed by atoms with van der Waals surface area (Å²) in [5, 5.41) is 0. The van der Waals surface area contributed by atoms with Crippen molar-refractivity contribution in [2.75, 3.05) is 62.4 Å². The van der Waals surface area contributed by atoms with E-state index in [2.05, 4.69) is 92.1 Å². The van der Waals surface area contributed by atoms with E-state index in [9.17, 15) is 9.59 Å². The molecule has 6 aromatic rings. The van der Waals surface area contributed by atoms with Gasteiger partial charge in [-0.25, -0.2) is 19.9 Å². The zero-order valence-corrected chi connectivity index (χ0v) is 35.0. The third kappa shape index (κ3) is 8.19. The highest BCUT2D eigenvalue weighted by Gasteiger charge is 2.38. The monoisotopic (exact) mass is 808 g/mol. The molecule has 2 saturated heterocycles. The summed E-state index contributed by atoms with van der Waals surface area (Å²) in [5.74, 6) is 0.393. The molecule has 10 rings (SSSR count). The number of aromatic amines is 2. The fourth-order valence-corrected chi connectivity index (χ4v) is 9.54. The van der Waals surface area contributed by atoms with Gasteiger partial charge in [0.1, 0.15) is 11.0 Å². The number of hydrogen-bond acceptors (Lipinski definition) is 10. The van der Waals surface area contributed by atoms with Gasteiger partial charge in [-0.3, -0.25) is 9.59 Å². The normalized spacial score (nSPS) is 19.2. The number of carbonyl (C=O) groups excluding carboxylic acids is 2. The third-order valence-electron chi connectivity index (χ3n) is 13.3. The average molecular weight is 809 g/mol. The predicted molar refractivity (Wildman–Crippen MR) is 236 cm³/mol. The van der Waals surface area contributed by atoms with Gasteiger partial charge < -0.3 is 29.2 Å². The SMILES string of the molecule is CC1(C(=O)c2c[nH]c3ncc(-c4cccc(N5CCOCC5)c4)nc23)CCCCC1.CC1(C(=O)c2c[nH]c3ncc(-c4cccc(N5CCOCC5)c4)nc23)CCCCC1. The Hall–Kier alpha value is -5.46. The quantitative estimate of drug-likeness (QED) is 0.143. The Bertz CT molecular complexity index is 2300. The zero-order chi connectivity index (χ0) is 41.1. The molecule has 2 aliphatic carbocycles.